The van der Waals surface area contributed by atoms with Crippen molar-refractivity contribution in [2.45, 2.75) is 71.5 Å². The van der Waals surface area contributed by atoms with Gasteiger partial charge in [0.15, 0.2) is 0 Å². The van der Waals surface area contributed by atoms with E-state index in [4.69, 9.17) is 0 Å². The molecule has 1 saturated heterocycles. The molecule has 0 radical (unpaired) electrons. The van der Waals surface area contributed by atoms with Crippen molar-refractivity contribution in [1.82, 2.24) is 16.0 Å². The third-order valence-electron chi connectivity index (χ3n) is 4.49. The number of rotatable bonds is 9. The molecule has 1 heterocycles. The third-order valence-corrected chi connectivity index (χ3v) is 4.49. The monoisotopic (exact) mass is 341 g/mol. The normalized spacial score (nSPS) is 21.1. The third kappa shape index (κ3) is 6.11. The van der Waals surface area contributed by atoms with Crippen LogP contribution in [0.25, 0.3) is 0 Å². The second kappa shape index (κ2) is 9.61. The Balaban J connectivity index is 2.75. The molecule has 0 spiro atoms. The zero-order chi connectivity index (χ0) is 18.3. The summed E-state index contributed by atoms with van der Waals surface area (Å²) in [5, 5.41) is 17.8. The van der Waals surface area contributed by atoms with Crippen LogP contribution in [0.1, 0.15) is 53.4 Å². The summed E-state index contributed by atoms with van der Waals surface area (Å²) >= 11 is 0. The number of aliphatic carboxylic acids is 1. The summed E-state index contributed by atoms with van der Waals surface area (Å²) in [6, 6.07) is -1.93. The van der Waals surface area contributed by atoms with Gasteiger partial charge in [-0.1, -0.05) is 34.1 Å². The van der Waals surface area contributed by atoms with Crippen molar-refractivity contribution in [3.63, 3.8) is 0 Å². The quantitative estimate of drug-likeness (QED) is 0.498. The van der Waals surface area contributed by atoms with Crippen LogP contribution in [0, 0.1) is 11.8 Å². The van der Waals surface area contributed by atoms with Crippen molar-refractivity contribution >= 4 is 17.8 Å². The van der Waals surface area contributed by atoms with E-state index in [9.17, 15) is 19.5 Å². The van der Waals surface area contributed by atoms with E-state index in [2.05, 4.69) is 16.0 Å². The van der Waals surface area contributed by atoms with Gasteiger partial charge in [-0.2, -0.15) is 0 Å². The van der Waals surface area contributed by atoms with Gasteiger partial charge in [0.1, 0.15) is 12.1 Å². The molecule has 1 rings (SSSR count). The molecule has 4 atom stereocenters. The van der Waals surface area contributed by atoms with E-state index < -0.39 is 24.0 Å². The Morgan fingerprint density at radius 3 is 2.33 bits per heavy atom. The number of hydrogen-bond acceptors (Lipinski definition) is 4. The largest absolute Gasteiger partial charge is 0.480 e. The molecule has 138 valence electrons. The molecule has 24 heavy (non-hydrogen) atoms. The molecule has 0 aliphatic carbocycles. The zero-order valence-corrected chi connectivity index (χ0v) is 15.1. The fraction of sp³-hybridized carbons (Fsp3) is 0.824. The lowest BCUT2D eigenvalue weighted by atomic mass is 9.97. The molecule has 1 aliphatic heterocycles. The van der Waals surface area contributed by atoms with E-state index >= 15 is 0 Å². The van der Waals surface area contributed by atoms with Crippen molar-refractivity contribution in [3.8, 4) is 0 Å². The molecule has 0 aromatic rings. The number of carboxylic acid groups (broad SMARTS) is 1. The highest BCUT2D eigenvalue weighted by atomic mass is 16.4. The first kappa shape index (κ1) is 20.4. The Kier molecular flexibility index (Phi) is 8.18. The van der Waals surface area contributed by atoms with Crippen molar-refractivity contribution in [2.24, 2.45) is 11.8 Å². The summed E-state index contributed by atoms with van der Waals surface area (Å²) < 4.78 is 0. The van der Waals surface area contributed by atoms with Gasteiger partial charge in [0, 0.05) is 0 Å². The highest BCUT2D eigenvalue weighted by molar-refractivity contribution is 5.92. The van der Waals surface area contributed by atoms with Gasteiger partial charge in [-0.25, -0.2) is 4.79 Å². The van der Waals surface area contributed by atoms with Gasteiger partial charge in [-0.15, -0.1) is 0 Å². The summed E-state index contributed by atoms with van der Waals surface area (Å²) in [4.78, 5) is 36.2. The average molecular weight is 341 g/mol. The first-order valence-electron chi connectivity index (χ1n) is 8.83. The van der Waals surface area contributed by atoms with Crippen molar-refractivity contribution < 1.29 is 19.5 Å². The summed E-state index contributed by atoms with van der Waals surface area (Å²) in [7, 11) is 0. The molecule has 7 heteroatoms. The minimum atomic E-state index is -1.05. The van der Waals surface area contributed by atoms with Crippen molar-refractivity contribution in [1.29, 1.82) is 0 Å². The van der Waals surface area contributed by atoms with Gasteiger partial charge in [0.2, 0.25) is 11.8 Å². The maximum atomic E-state index is 12.6. The fourth-order valence-corrected chi connectivity index (χ4v) is 2.82. The van der Waals surface area contributed by atoms with Crippen LogP contribution in [-0.2, 0) is 14.4 Å². The van der Waals surface area contributed by atoms with Crippen LogP contribution in [-0.4, -0.2) is 47.6 Å². The summed E-state index contributed by atoms with van der Waals surface area (Å²) in [5.41, 5.74) is 0. The molecule has 1 fully saturated rings. The van der Waals surface area contributed by atoms with Crippen LogP contribution < -0.4 is 16.0 Å². The molecule has 2 amide bonds. The van der Waals surface area contributed by atoms with Crippen LogP contribution in [0.4, 0.5) is 0 Å². The van der Waals surface area contributed by atoms with E-state index in [-0.39, 0.29) is 23.8 Å². The van der Waals surface area contributed by atoms with Crippen molar-refractivity contribution in [3.05, 3.63) is 0 Å². The van der Waals surface area contributed by atoms with Gasteiger partial charge in [-0.05, 0) is 37.6 Å². The molecule has 4 N–H and O–H groups in total. The first-order chi connectivity index (χ1) is 11.3. The highest BCUT2D eigenvalue weighted by Gasteiger charge is 2.31. The Bertz CT molecular complexity index is 447. The maximum absolute atomic E-state index is 12.6. The van der Waals surface area contributed by atoms with Gasteiger partial charge in [0.25, 0.3) is 0 Å². The second-order valence-electron chi connectivity index (χ2n) is 7.05. The molecule has 1 aliphatic rings. The Hall–Kier alpha value is -1.63. The molecule has 4 unspecified atom stereocenters. The van der Waals surface area contributed by atoms with E-state index in [1.54, 1.807) is 6.92 Å². The number of amides is 2. The number of carbonyl (C=O) groups is 3. The van der Waals surface area contributed by atoms with Crippen molar-refractivity contribution in [2.75, 3.05) is 6.54 Å². The van der Waals surface area contributed by atoms with Gasteiger partial charge >= 0.3 is 5.97 Å². The Morgan fingerprint density at radius 2 is 1.88 bits per heavy atom. The SMILES string of the molecule is CCC(C)C(NC(=O)C(CC(C)C)NC(=O)C1CCCN1)C(=O)O. The molecule has 0 bridgehead atoms. The first-order valence-corrected chi connectivity index (χ1v) is 8.83. The summed E-state index contributed by atoms with van der Waals surface area (Å²) in [6.07, 6.45) is 2.81. The zero-order valence-electron chi connectivity index (χ0n) is 15.1. The van der Waals surface area contributed by atoms with E-state index in [0.29, 0.717) is 12.8 Å². The Labute approximate surface area is 144 Å². The van der Waals surface area contributed by atoms with E-state index in [0.717, 1.165) is 19.4 Å². The fourth-order valence-electron chi connectivity index (χ4n) is 2.82. The van der Waals surface area contributed by atoms with Gasteiger partial charge in [-0.3, -0.25) is 9.59 Å². The minimum Gasteiger partial charge on any atom is -0.480 e. The average Bonchev–Trinajstić information content (AvgIpc) is 3.04. The minimum absolute atomic E-state index is 0.182. The predicted molar refractivity (Wildman–Crippen MR) is 91.4 cm³/mol. The molecular formula is C17H31N3O4. The predicted octanol–water partition coefficient (Wildman–Crippen LogP) is 0.885. The number of nitrogens with one attached hydrogen (secondary N) is 3. The number of carbonyl (C=O) groups excluding carboxylic acids is 2. The van der Waals surface area contributed by atoms with Crippen LogP contribution in [0.5, 0.6) is 0 Å². The van der Waals surface area contributed by atoms with E-state index in [1.807, 2.05) is 20.8 Å². The smallest absolute Gasteiger partial charge is 0.326 e. The van der Waals surface area contributed by atoms with Crippen LogP contribution >= 0.6 is 0 Å². The number of hydrogen-bond donors (Lipinski definition) is 4. The topological polar surface area (TPSA) is 108 Å². The highest BCUT2D eigenvalue weighted by Crippen LogP contribution is 2.12. The lowest BCUT2D eigenvalue weighted by Crippen LogP contribution is -2.55. The molecule has 0 aromatic heterocycles. The molecule has 0 saturated carbocycles. The maximum Gasteiger partial charge on any atom is 0.326 e. The molecule has 0 aromatic carbocycles. The summed E-state index contributed by atoms with van der Waals surface area (Å²) in [6.45, 7) is 8.39. The van der Waals surface area contributed by atoms with Crippen LogP contribution in [0.15, 0.2) is 0 Å². The molecular weight excluding hydrogens is 310 g/mol. The lowest BCUT2D eigenvalue weighted by Gasteiger charge is -2.26. The molecule has 7 nitrogen and oxygen atoms in total. The summed E-state index contributed by atoms with van der Waals surface area (Å²) in [5.74, 6) is -1.65. The van der Waals surface area contributed by atoms with Crippen LogP contribution in [0.3, 0.4) is 0 Å². The van der Waals surface area contributed by atoms with Gasteiger partial charge in [0.05, 0.1) is 6.04 Å². The standard InChI is InChI=1S/C17H31N3O4/c1-5-11(4)14(17(23)24)20-16(22)13(9-10(2)3)19-15(21)12-7-6-8-18-12/h10-14,18H,5-9H2,1-4H3,(H,19,21)(H,20,22)(H,23,24). The van der Waals surface area contributed by atoms with E-state index in [1.165, 1.54) is 0 Å². The Morgan fingerprint density at radius 1 is 1.21 bits per heavy atom. The number of carboxylic acids is 1. The second-order valence-corrected chi connectivity index (χ2v) is 7.05. The van der Waals surface area contributed by atoms with Crippen LogP contribution in [0.2, 0.25) is 0 Å². The van der Waals surface area contributed by atoms with Gasteiger partial charge < -0.3 is 21.1 Å². The lowest BCUT2D eigenvalue weighted by molar-refractivity contribution is -0.143.